The fraction of sp³-hybridized carbons (Fsp3) is 0.222. The number of fused-ring (bicyclic) bond motifs is 1. The summed E-state index contributed by atoms with van der Waals surface area (Å²) in [5.74, 6) is -0.496. The Morgan fingerprint density at radius 1 is 1.08 bits per heavy atom. The van der Waals surface area contributed by atoms with Crippen molar-refractivity contribution in [2.24, 2.45) is 0 Å². The number of halogens is 2. The molecule has 0 aromatic heterocycles. The summed E-state index contributed by atoms with van der Waals surface area (Å²) in [7, 11) is 0. The van der Waals surface area contributed by atoms with Crippen molar-refractivity contribution < 1.29 is 14.3 Å². The van der Waals surface area contributed by atoms with E-state index in [0.29, 0.717) is 64.4 Å². The number of nitrogens with zero attached hydrogens (tertiary/aromatic N) is 2. The van der Waals surface area contributed by atoms with Gasteiger partial charge in [-0.15, -0.1) is 0 Å². The number of amides is 2. The van der Waals surface area contributed by atoms with Crippen molar-refractivity contribution >= 4 is 46.4 Å². The van der Waals surface area contributed by atoms with Gasteiger partial charge in [0, 0.05) is 46.5 Å². The van der Waals surface area contributed by atoms with Gasteiger partial charge in [-0.05, 0) is 48.0 Å². The quantitative estimate of drug-likeness (QED) is 0.501. The van der Waals surface area contributed by atoms with Gasteiger partial charge >= 0.3 is 0 Å². The van der Waals surface area contributed by atoms with E-state index in [1.54, 1.807) is 53.4 Å². The molecule has 0 aliphatic carbocycles. The zero-order chi connectivity index (χ0) is 25.3. The summed E-state index contributed by atoms with van der Waals surface area (Å²) in [5.41, 5.74) is 1.94. The lowest BCUT2D eigenvalue weighted by Gasteiger charge is -2.32. The molecule has 1 atom stereocenters. The minimum atomic E-state index is -1.28. The summed E-state index contributed by atoms with van der Waals surface area (Å²) < 4.78 is 5.39. The van der Waals surface area contributed by atoms with Crippen molar-refractivity contribution in [3.05, 3.63) is 93.0 Å². The Labute approximate surface area is 218 Å². The average molecular weight is 521 g/mol. The first kappa shape index (κ1) is 24.1. The summed E-state index contributed by atoms with van der Waals surface area (Å²) in [6.07, 6.45) is 0.246. The SMILES string of the molecule is N#Cc1ccc(C(=O)N2CCOCC2)c(NC2(Cc3cccc(Cl)c3)C(=O)Nc3cc(Cl)ccc32)c1. The van der Waals surface area contributed by atoms with E-state index in [1.807, 2.05) is 12.1 Å². The van der Waals surface area contributed by atoms with Crippen molar-refractivity contribution in [2.45, 2.75) is 12.0 Å². The molecular formula is C27H22Cl2N4O3. The van der Waals surface area contributed by atoms with Crippen LogP contribution in [0.2, 0.25) is 10.0 Å². The number of carbonyl (C=O) groups excluding carboxylic acids is 2. The highest BCUT2D eigenvalue weighted by Gasteiger charge is 2.47. The van der Waals surface area contributed by atoms with E-state index >= 15 is 0 Å². The number of anilines is 2. The maximum Gasteiger partial charge on any atom is 0.256 e. The summed E-state index contributed by atoms with van der Waals surface area (Å²) >= 11 is 12.5. The standard InChI is InChI=1S/C27H22Cl2N4O3/c28-19-3-1-2-17(12-19)15-27(22-7-5-20(29)14-24(22)31-26(27)35)32-23-13-18(16-30)4-6-21(23)25(34)33-8-10-36-11-9-33/h1-7,12-14,32H,8-11,15H2,(H,31,35). The Kier molecular flexibility index (Phi) is 6.59. The second kappa shape index (κ2) is 9.82. The summed E-state index contributed by atoms with van der Waals surface area (Å²) in [6, 6.07) is 19.5. The maximum absolute atomic E-state index is 13.7. The molecule has 5 rings (SSSR count). The van der Waals surface area contributed by atoms with E-state index in [-0.39, 0.29) is 18.2 Å². The summed E-state index contributed by atoms with van der Waals surface area (Å²) in [4.78, 5) is 28.9. The molecule has 3 aromatic carbocycles. The van der Waals surface area contributed by atoms with Crippen LogP contribution in [0.3, 0.4) is 0 Å². The van der Waals surface area contributed by atoms with E-state index in [4.69, 9.17) is 27.9 Å². The van der Waals surface area contributed by atoms with Gasteiger partial charge in [0.25, 0.3) is 11.8 Å². The Bertz CT molecular complexity index is 1400. The fourth-order valence-corrected chi connectivity index (χ4v) is 5.10. The van der Waals surface area contributed by atoms with E-state index in [1.165, 1.54) is 0 Å². The first-order valence-corrected chi connectivity index (χ1v) is 12.2. The third kappa shape index (κ3) is 4.51. The van der Waals surface area contributed by atoms with Crippen molar-refractivity contribution in [3.8, 4) is 6.07 Å². The highest BCUT2D eigenvalue weighted by molar-refractivity contribution is 6.31. The van der Waals surface area contributed by atoms with Crippen LogP contribution >= 0.6 is 23.2 Å². The Morgan fingerprint density at radius 3 is 2.61 bits per heavy atom. The van der Waals surface area contributed by atoms with E-state index in [0.717, 1.165) is 5.56 Å². The highest BCUT2D eigenvalue weighted by Crippen LogP contribution is 2.43. The lowest BCUT2D eigenvalue weighted by atomic mass is 9.84. The van der Waals surface area contributed by atoms with E-state index in [9.17, 15) is 14.9 Å². The number of carbonyl (C=O) groups is 2. The van der Waals surface area contributed by atoms with Crippen LogP contribution in [0.15, 0.2) is 60.7 Å². The van der Waals surface area contributed by atoms with Gasteiger partial charge in [-0.1, -0.05) is 41.4 Å². The first-order valence-electron chi connectivity index (χ1n) is 11.4. The fourth-order valence-electron chi connectivity index (χ4n) is 4.71. The lowest BCUT2D eigenvalue weighted by molar-refractivity contribution is -0.119. The monoisotopic (exact) mass is 520 g/mol. The predicted octanol–water partition coefficient (Wildman–Crippen LogP) is 4.84. The van der Waals surface area contributed by atoms with Crippen LogP contribution < -0.4 is 10.6 Å². The number of hydrogen-bond donors (Lipinski definition) is 2. The number of rotatable bonds is 5. The molecule has 0 radical (unpaired) electrons. The molecule has 7 nitrogen and oxygen atoms in total. The molecule has 3 aromatic rings. The van der Waals surface area contributed by atoms with Crippen LogP contribution in [0, 0.1) is 11.3 Å². The third-order valence-electron chi connectivity index (χ3n) is 6.46. The number of nitrogens with one attached hydrogen (secondary N) is 2. The van der Waals surface area contributed by atoms with Crippen molar-refractivity contribution in [1.29, 1.82) is 5.26 Å². The van der Waals surface area contributed by atoms with Crippen LogP contribution in [0.1, 0.15) is 27.0 Å². The molecule has 1 unspecified atom stereocenters. The largest absolute Gasteiger partial charge is 0.378 e. The minimum Gasteiger partial charge on any atom is -0.378 e. The van der Waals surface area contributed by atoms with Crippen LogP contribution in [0.5, 0.6) is 0 Å². The minimum absolute atomic E-state index is 0.196. The van der Waals surface area contributed by atoms with Gasteiger partial charge in [-0.2, -0.15) is 5.26 Å². The number of ether oxygens (including phenoxy) is 1. The third-order valence-corrected chi connectivity index (χ3v) is 6.93. The molecule has 2 heterocycles. The molecule has 9 heteroatoms. The number of benzene rings is 3. The molecule has 2 amide bonds. The second-order valence-corrected chi connectivity index (χ2v) is 9.63. The molecule has 2 aliphatic rings. The maximum atomic E-state index is 13.7. The topological polar surface area (TPSA) is 94.5 Å². The lowest BCUT2D eigenvalue weighted by Crippen LogP contribution is -2.45. The predicted molar refractivity (Wildman–Crippen MR) is 138 cm³/mol. The van der Waals surface area contributed by atoms with Gasteiger partial charge in [0.05, 0.1) is 30.4 Å². The molecule has 2 aliphatic heterocycles. The number of morpholine rings is 1. The van der Waals surface area contributed by atoms with Crippen LogP contribution in [0.4, 0.5) is 11.4 Å². The molecule has 1 saturated heterocycles. The smallest absolute Gasteiger partial charge is 0.256 e. The number of nitriles is 1. The van der Waals surface area contributed by atoms with Crippen molar-refractivity contribution in [1.82, 2.24) is 4.90 Å². The molecular weight excluding hydrogens is 499 g/mol. The second-order valence-electron chi connectivity index (χ2n) is 8.76. The van der Waals surface area contributed by atoms with Gasteiger partial charge in [0.2, 0.25) is 0 Å². The highest BCUT2D eigenvalue weighted by atomic mass is 35.5. The Balaban J connectivity index is 1.63. The summed E-state index contributed by atoms with van der Waals surface area (Å²) in [5, 5.41) is 16.9. The zero-order valence-corrected chi connectivity index (χ0v) is 20.7. The van der Waals surface area contributed by atoms with Crippen molar-refractivity contribution in [2.75, 3.05) is 36.9 Å². The van der Waals surface area contributed by atoms with Crippen molar-refractivity contribution in [3.63, 3.8) is 0 Å². The normalized spacial score (nSPS) is 18.8. The van der Waals surface area contributed by atoms with Gasteiger partial charge in [0.15, 0.2) is 0 Å². The molecule has 0 bridgehead atoms. The molecule has 2 N–H and O–H groups in total. The Morgan fingerprint density at radius 2 is 1.86 bits per heavy atom. The average Bonchev–Trinajstić information content (AvgIpc) is 3.13. The van der Waals surface area contributed by atoms with E-state index in [2.05, 4.69) is 16.7 Å². The van der Waals surface area contributed by atoms with Gasteiger partial charge in [0.1, 0.15) is 5.54 Å². The molecule has 0 spiro atoms. The van der Waals surface area contributed by atoms with Crippen LogP contribution in [0.25, 0.3) is 0 Å². The van der Waals surface area contributed by atoms with E-state index < -0.39 is 5.54 Å². The molecule has 1 fully saturated rings. The van der Waals surface area contributed by atoms with Gasteiger partial charge in [-0.25, -0.2) is 0 Å². The summed E-state index contributed by atoms with van der Waals surface area (Å²) in [6.45, 7) is 1.85. The zero-order valence-electron chi connectivity index (χ0n) is 19.2. The van der Waals surface area contributed by atoms with Gasteiger partial charge < -0.3 is 20.3 Å². The van der Waals surface area contributed by atoms with Crippen LogP contribution in [-0.4, -0.2) is 43.0 Å². The number of hydrogen-bond acceptors (Lipinski definition) is 5. The van der Waals surface area contributed by atoms with Gasteiger partial charge in [-0.3, -0.25) is 9.59 Å². The molecule has 0 saturated carbocycles. The molecule has 182 valence electrons. The first-order chi connectivity index (χ1) is 17.4. The van der Waals surface area contributed by atoms with Crippen LogP contribution in [-0.2, 0) is 21.5 Å². The Hall–Kier alpha value is -3.57. The molecule has 36 heavy (non-hydrogen) atoms.